The van der Waals surface area contributed by atoms with Crippen LogP contribution >= 0.6 is 0 Å². The van der Waals surface area contributed by atoms with Gasteiger partial charge in [-0.3, -0.25) is 0 Å². The molecule has 2 fully saturated rings. The van der Waals surface area contributed by atoms with Gasteiger partial charge in [0.15, 0.2) is 0 Å². The molecule has 2 saturated heterocycles. The first-order chi connectivity index (χ1) is 7.06. The van der Waals surface area contributed by atoms with Gasteiger partial charge in [-0.05, 0) is 38.3 Å². The summed E-state index contributed by atoms with van der Waals surface area (Å²) in [6, 6.07) is 0.182. The lowest BCUT2D eigenvalue weighted by Crippen LogP contribution is -2.39. The van der Waals surface area contributed by atoms with Gasteiger partial charge in [0.2, 0.25) is 10.0 Å². The summed E-state index contributed by atoms with van der Waals surface area (Å²) in [5.41, 5.74) is 0. The lowest BCUT2D eigenvalue weighted by molar-refractivity contribution is 0.360. The van der Waals surface area contributed by atoms with Crippen molar-refractivity contribution >= 4 is 10.0 Å². The highest BCUT2D eigenvalue weighted by atomic mass is 32.2. The topological polar surface area (TPSA) is 49.4 Å². The summed E-state index contributed by atoms with van der Waals surface area (Å²) in [7, 11) is -3.00. The fraction of sp³-hybridized carbons (Fsp3) is 1.00. The highest BCUT2D eigenvalue weighted by molar-refractivity contribution is 7.89. The maximum atomic E-state index is 12.0. The second-order valence-corrected chi connectivity index (χ2v) is 6.75. The van der Waals surface area contributed by atoms with Crippen LogP contribution in [-0.2, 0) is 10.0 Å². The van der Waals surface area contributed by atoms with Gasteiger partial charge in [0.1, 0.15) is 0 Å². The Hall–Kier alpha value is -0.130. The number of nitrogens with zero attached hydrogens (tertiary/aromatic N) is 1. The van der Waals surface area contributed by atoms with E-state index in [9.17, 15) is 8.42 Å². The van der Waals surface area contributed by atoms with Crippen LogP contribution in [0.2, 0.25) is 0 Å². The molecule has 2 rings (SSSR count). The van der Waals surface area contributed by atoms with Gasteiger partial charge >= 0.3 is 0 Å². The van der Waals surface area contributed by atoms with Gasteiger partial charge in [0.05, 0.1) is 5.75 Å². The van der Waals surface area contributed by atoms with Gasteiger partial charge in [-0.15, -0.1) is 0 Å². The molecule has 0 aromatic carbocycles. The Bertz CT molecular complexity index is 328. The van der Waals surface area contributed by atoms with Crippen LogP contribution in [0.1, 0.15) is 20.3 Å². The molecule has 15 heavy (non-hydrogen) atoms. The minimum Gasteiger partial charge on any atom is -0.316 e. The first kappa shape index (κ1) is 11.4. The number of nitrogens with one attached hydrogen (secondary N) is 1. The maximum absolute atomic E-state index is 12.0. The Morgan fingerprint density at radius 2 is 2.13 bits per heavy atom. The molecule has 0 radical (unpaired) electrons. The lowest BCUT2D eigenvalue weighted by Gasteiger charge is -2.23. The SMILES string of the molecule is CCCS(=O)(=O)N1CC2CNCC2C1C. The van der Waals surface area contributed by atoms with E-state index in [1.807, 2.05) is 13.8 Å². The largest absolute Gasteiger partial charge is 0.316 e. The molecule has 2 aliphatic heterocycles. The third kappa shape index (κ3) is 1.92. The van der Waals surface area contributed by atoms with Gasteiger partial charge in [0, 0.05) is 12.6 Å². The number of hydrogen-bond donors (Lipinski definition) is 1. The van der Waals surface area contributed by atoms with Crippen molar-refractivity contribution in [2.75, 3.05) is 25.4 Å². The molecule has 5 heteroatoms. The molecule has 2 heterocycles. The summed E-state index contributed by atoms with van der Waals surface area (Å²) < 4.78 is 25.7. The molecule has 2 aliphatic rings. The molecular weight excluding hydrogens is 212 g/mol. The van der Waals surface area contributed by atoms with Crippen molar-refractivity contribution in [2.24, 2.45) is 11.8 Å². The lowest BCUT2D eigenvalue weighted by atomic mass is 9.95. The molecule has 3 atom stereocenters. The van der Waals surface area contributed by atoms with Gasteiger partial charge in [-0.2, -0.15) is 4.31 Å². The fourth-order valence-corrected chi connectivity index (χ4v) is 4.70. The number of hydrogen-bond acceptors (Lipinski definition) is 3. The predicted molar refractivity (Wildman–Crippen MR) is 60.1 cm³/mol. The van der Waals surface area contributed by atoms with E-state index in [-0.39, 0.29) is 6.04 Å². The van der Waals surface area contributed by atoms with Gasteiger partial charge in [-0.1, -0.05) is 6.92 Å². The average Bonchev–Trinajstić information content (AvgIpc) is 2.69. The highest BCUT2D eigenvalue weighted by Gasteiger charge is 2.45. The molecule has 0 amide bonds. The molecular formula is C10H20N2O2S. The van der Waals surface area contributed by atoms with E-state index >= 15 is 0 Å². The van der Waals surface area contributed by atoms with E-state index < -0.39 is 10.0 Å². The molecule has 0 aromatic heterocycles. The molecule has 0 saturated carbocycles. The van der Waals surface area contributed by atoms with Crippen LogP contribution in [0.15, 0.2) is 0 Å². The van der Waals surface area contributed by atoms with Gasteiger partial charge in [0.25, 0.3) is 0 Å². The van der Waals surface area contributed by atoms with Crippen molar-refractivity contribution in [1.29, 1.82) is 0 Å². The van der Waals surface area contributed by atoms with Crippen LogP contribution in [0.3, 0.4) is 0 Å². The Balaban J connectivity index is 2.13. The third-order valence-electron chi connectivity index (χ3n) is 3.70. The first-order valence-corrected chi connectivity index (χ1v) is 7.37. The van der Waals surface area contributed by atoms with Crippen molar-refractivity contribution in [3.8, 4) is 0 Å². The summed E-state index contributed by atoms with van der Waals surface area (Å²) in [5.74, 6) is 1.35. The molecule has 0 bridgehead atoms. The second-order valence-electron chi connectivity index (χ2n) is 4.71. The summed E-state index contributed by atoms with van der Waals surface area (Å²) in [5, 5.41) is 3.34. The molecule has 0 spiro atoms. The summed E-state index contributed by atoms with van der Waals surface area (Å²) >= 11 is 0. The summed E-state index contributed by atoms with van der Waals surface area (Å²) in [4.78, 5) is 0. The van der Waals surface area contributed by atoms with Crippen molar-refractivity contribution in [1.82, 2.24) is 9.62 Å². The van der Waals surface area contributed by atoms with E-state index in [2.05, 4.69) is 5.32 Å². The zero-order chi connectivity index (χ0) is 11.1. The standard InChI is InChI=1S/C10H20N2O2S/c1-3-4-15(13,14)12-7-9-5-11-6-10(9)8(12)2/h8-11H,3-7H2,1-2H3. The van der Waals surface area contributed by atoms with E-state index in [1.165, 1.54) is 0 Å². The zero-order valence-corrected chi connectivity index (χ0v) is 10.3. The minimum atomic E-state index is -3.00. The van der Waals surface area contributed by atoms with Crippen LogP contribution in [0, 0.1) is 11.8 Å². The second kappa shape index (κ2) is 4.03. The quantitative estimate of drug-likeness (QED) is 0.759. The van der Waals surface area contributed by atoms with Gasteiger partial charge < -0.3 is 5.32 Å². The number of rotatable bonds is 3. The van der Waals surface area contributed by atoms with Crippen molar-refractivity contribution < 1.29 is 8.42 Å². The predicted octanol–water partition coefficient (Wildman–Crippen LogP) is 0.266. The van der Waals surface area contributed by atoms with Crippen LogP contribution < -0.4 is 5.32 Å². The van der Waals surface area contributed by atoms with Crippen LogP contribution in [-0.4, -0.2) is 44.2 Å². The van der Waals surface area contributed by atoms with Crippen LogP contribution in [0.25, 0.3) is 0 Å². The average molecular weight is 232 g/mol. The number of sulfonamides is 1. The smallest absolute Gasteiger partial charge is 0.214 e. The molecule has 3 unspecified atom stereocenters. The molecule has 0 aromatic rings. The van der Waals surface area contributed by atoms with Gasteiger partial charge in [-0.25, -0.2) is 8.42 Å². The van der Waals surface area contributed by atoms with E-state index in [0.29, 0.717) is 24.0 Å². The molecule has 88 valence electrons. The fourth-order valence-electron chi connectivity index (χ4n) is 2.87. The molecule has 4 nitrogen and oxygen atoms in total. The Kier molecular flexibility index (Phi) is 3.05. The van der Waals surface area contributed by atoms with Crippen LogP contribution in [0.4, 0.5) is 0 Å². The van der Waals surface area contributed by atoms with Crippen molar-refractivity contribution in [2.45, 2.75) is 26.3 Å². The van der Waals surface area contributed by atoms with E-state index in [0.717, 1.165) is 19.6 Å². The van der Waals surface area contributed by atoms with Crippen molar-refractivity contribution in [3.63, 3.8) is 0 Å². The Morgan fingerprint density at radius 1 is 1.40 bits per heavy atom. The zero-order valence-electron chi connectivity index (χ0n) is 9.44. The highest BCUT2D eigenvalue weighted by Crippen LogP contribution is 2.34. The first-order valence-electron chi connectivity index (χ1n) is 5.76. The monoisotopic (exact) mass is 232 g/mol. The van der Waals surface area contributed by atoms with Crippen LogP contribution in [0.5, 0.6) is 0 Å². The summed E-state index contributed by atoms with van der Waals surface area (Å²) in [6.45, 7) is 6.64. The third-order valence-corrected chi connectivity index (χ3v) is 5.82. The summed E-state index contributed by atoms with van der Waals surface area (Å²) in [6.07, 6.45) is 0.707. The molecule has 0 aliphatic carbocycles. The van der Waals surface area contributed by atoms with Crippen molar-refractivity contribution in [3.05, 3.63) is 0 Å². The maximum Gasteiger partial charge on any atom is 0.214 e. The number of fused-ring (bicyclic) bond motifs is 1. The Labute approximate surface area is 92.1 Å². The van der Waals surface area contributed by atoms with E-state index in [4.69, 9.17) is 0 Å². The molecule has 1 N–H and O–H groups in total. The Morgan fingerprint density at radius 3 is 2.73 bits per heavy atom. The van der Waals surface area contributed by atoms with E-state index in [1.54, 1.807) is 4.31 Å². The minimum absolute atomic E-state index is 0.182. The normalized spacial score (nSPS) is 37.1.